The summed E-state index contributed by atoms with van der Waals surface area (Å²) in [7, 11) is 0. The summed E-state index contributed by atoms with van der Waals surface area (Å²) >= 11 is 3.53. The van der Waals surface area contributed by atoms with Crippen LogP contribution in [0.5, 0.6) is 0 Å². The van der Waals surface area contributed by atoms with Gasteiger partial charge in [-0.15, -0.1) is 0 Å². The standard InChI is InChI=1S/C13H16BrNO/c1-9-5-6-11(14)10(8-9)13(15)12-4-2-3-7-16-12/h4-6,8,13H,2-3,7,15H2,1H3. The molecule has 0 spiro atoms. The van der Waals surface area contributed by atoms with Crippen LogP contribution in [-0.4, -0.2) is 6.61 Å². The van der Waals surface area contributed by atoms with Gasteiger partial charge in [0, 0.05) is 4.47 Å². The number of nitrogens with two attached hydrogens (primary N) is 1. The third-order valence-corrected chi connectivity index (χ3v) is 3.48. The third-order valence-electron chi connectivity index (χ3n) is 2.76. The summed E-state index contributed by atoms with van der Waals surface area (Å²) in [5, 5.41) is 0. The average molecular weight is 282 g/mol. The van der Waals surface area contributed by atoms with Crippen molar-refractivity contribution in [3.8, 4) is 0 Å². The number of allylic oxidation sites excluding steroid dienone is 1. The van der Waals surface area contributed by atoms with Crippen LogP contribution >= 0.6 is 15.9 Å². The zero-order valence-corrected chi connectivity index (χ0v) is 11.0. The maximum absolute atomic E-state index is 6.22. The van der Waals surface area contributed by atoms with Crippen LogP contribution in [0.2, 0.25) is 0 Å². The first-order valence-electron chi connectivity index (χ1n) is 5.53. The number of ether oxygens (including phenoxy) is 1. The van der Waals surface area contributed by atoms with Crippen LogP contribution in [0, 0.1) is 6.92 Å². The molecule has 1 aliphatic rings. The van der Waals surface area contributed by atoms with Gasteiger partial charge in [-0.05, 0) is 37.5 Å². The first-order valence-corrected chi connectivity index (χ1v) is 6.32. The Morgan fingerprint density at radius 1 is 1.44 bits per heavy atom. The smallest absolute Gasteiger partial charge is 0.113 e. The summed E-state index contributed by atoms with van der Waals surface area (Å²) in [6, 6.07) is 6.05. The van der Waals surface area contributed by atoms with Crippen molar-refractivity contribution < 1.29 is 4.74 Å². The van der Waals surface area contributed by atoms with Crippen LogP contribution in [0.15, 0.2) is 34.5 Å². The second-order valence-corrected chi connectivity index (χ2v) is 4.95. The van der Waals surface area contributed by atoms with E-state index in [1.54, 1.807) is 0 Å². The van der Waals surface area contributed by atoms with E-state index in [1.165, 1.54) is 5.56 Å². The molecule has 3 heteroatoms. The quantitative estimate of drug-likeness (QED) is 0.901. The molecular formula is C13H16BrNO. The molecule has 0 radical (unpaired) electrons. The molecule has 1 aliphatic heterocycles. The molecule has 0 saturated carbocycles. The molecule has 86 valence electrons. The van der Waals surface area contributed by atoms with Crippen molar-refractivity contribution >= 4 is 15.9 Å². The fraction of sp³-hybridized carbons (Fsp3) is 0.385. The summed E-state index contributed by atoms with van der Waals surface area (Å²) in [5.74, 6) is 0.901. The Labute approximate surface area is 105 Å². The molecule has 0 fully saturated rings. The normalized spacial score (nSPS) is 17.6. The van der Waals surface area contributed by atoms with Gasteiger partial charge in [0.25, 0.3) is 0 Å². The van der Waals surface area contributed by atoms with Crippen LogP contribution < -0.4 is 5.73 Å². The largest absolute Gasteiger partial charge is 0.496 e. The lowest BCUT2D eigenvalue weighted by atomic mass is 10.0. The Bertz CT molecular complexity index is 414. The predicted molar refractivity (Wildman–Crippen MR) is 69.1 cm³/mol. The minimum atomic E-state index is -0.158. The molecule has 2 rings (SSSR count). The highest BCUT2D eigenvalue weighted by molar-refractivity contribution is 9.10. The van der Waals surface area contributed by atoms with Crippen molar-refractivity contribution in [3.63, 3.8) is 0 Å². The topological polar surface area (TPSA) is 35.2 Å². The fourth-order valence-corrected chi connectivity index (χ4v) is 2.34. The molecule has 1 atom stereocenters. The molecule has 0 saturated heterocycles. The number of aryl methyl sites for hydroxylation is 1. The van der Waals surface area contributed by atoms with E-state index in [4.69, 9.17) is 10.5 Å². The highest BCUT2D eigenvalue weighted by atomic mass is 79.9. The Morgan fingerprint density at radius 3 is 2.94 bits per heavy atom. The lowest BCUT2D eigenvalue weighted by Crippen LogP contribution is -2.18. The van der Waals surface area contributed by atoms with E-state index < -0.39 is 0 Å². The molecule has 0 amide bonds. The van der Waals surface area contributed by atoms with Crippen LogP contribution in [0.3, 0.4) is 0 Å². The van der Waals surface area contributed by atoms with Crippen molar-refractivity contribution in [2.75, 3.05) is 6.61 Å². The fourth-order valence-electron chi connectivity index (χ4n) is 1.85. The van der Waals surface area contributed by atoms with Crippen molar-refractivity contribution in [1.82, 2.24) is 0 Å². The molecule has 1 unspecified atom stereocenters. The minimum absolute atomic E-state index is 0.158. The lowest BCUT2D eigenvalue weighted by Gasteiger charge is -2.22. The predicted octanol–water partition coefficient (Wildman–Crippen LogP) is 3.45. The molecule has 1 aromatic carbocycles. The Kier molecular flexibility index (Phi) is 3.66. The monoisotopic (exact) mass is 281 g/mol. The third kappa shape index (κ3) is 2.47. The lowest BCUT2D eigenvalue weighted by molar-refractivity contribution is 0.175. The van der Waals surface area contributed by atoms with Gasteiger partial charge in [0.2, 0.25) is 0 Å². The first kappa shape index (κ1) is 11.7. The first-order chi connectivity index (χ1) is 7.68. The second-order valence-electron chi connectivity index (χ2n) is 4.10. The summed E-state index contributed by atoms with van der Waals surface area (Å²) in [6.07, 6.45) is 4.25. The molecule has 2 N–H and O–H groups in total. The molecule has 2 nitrogen and oxygen atoms in total. The second kappa shape index (κ2) is 5.02. The van der Waals surface area contributed by atoms with Gasteiger partial charge in [-0.25, -0.2) is 0 Å². The number of halogens is 1. The van der Waals surface area contributed by atoms with Gasteiger partial charge in [-0.1, -0.05) is 33.6 Å². The maximum atomic E-state index is 6.22. The van der Waals surface area contributed by atoms with Gasteiger partial charge in [0.1, 0.15) is 5.76 Å². The molecule has 0 aromatic heterocycles. The average Bonchev–Trinajstić information content (AvgIpc) is 2.32. The van der Waals surface area contributed by atoms with Crippen LogP contribution in [-0.2, 0) is 4.74 Å². The minimum Gasteiger partial charge on any atom is -0.496 e. The van der Waals surface area contributed by atoms with E-state index in [-0.39, 0.29) is 6.04 Å². The highest BCUT2D eigenvalue weighted by Crippen LogP contribution is 2.29. The Morgan fingerprint density at radius 2 is 2.25 bits per heavy atom. The van der Waals surface area contributed by atoms with E-state index in [1.807, 2.05) is 6.07 Å². The maximum Gasteiger partial charge on any atom is 0.113 e. The number of hydrogen-bond donors (Lipinski definition) is 1. The van der Waals surface area contributed by atoms with Gasteiger partial charge >= 0.3 is 0 Å². The number of rotatable bonds is 2. The zero-order chi connectivity index (χ0) is 11.5. The highest BCUT2D eigenvalue weighted by Gasteiger charge is 2.17. The van der Waals surface area contributed by atoms with Gasteiger partial charge in [-0.3, -0.25) is 0 Å². The van der Waals surface area contributed by atoms with Crippen LogP contribution in [0.1, 0.15) is 30.0 Å². The van der Waals surface area contributed by atoms with E-state index in [9.17, 15) is 0 Å². The molecule has 1 aromatic rings. The summed E-state index contributed by atoms with van der Waals surface area (Å²) in [5.41, 5.74) is 8.52. The Balaban J connectivity index is 2.29. The van der Waals surface area contributed by atoms with E-state index in [0.29, 0.717) is 0 Å². The van der Waals surface area contributed by atoms with E-state index >= 15 is 0 Å². The van der Waals surface area contributed by atoms with Crippen LogP contribution in [0.4, 0.5) is 0 Å². The molecular weight excluding hydrogens is 266 g/mol. The van der Waals surface area contributed by atoms with E-state index in [0.717, 1.165) is 35.2 Å². The van der Waals surface area contributed by atoms with Crippen molar-refractivity contribution in [3.05, 3.63) is 45.6 Å². The Hall–Kier alpha value is -0.800. The molecule has 0 aliphatic carbocycles. The summed E-state index contributed by atoms with van der Waals surface area (Å²) < 4.78 is 6.65. The van der Waals surface area contributed by atoms with Crippen molar-refractivity contribution in [1.29, 1.82) is 0 Å². The molecule has 1 heterocycles. The number of benzene rings is 1. The van der Waals surface area contributed by atoms with Crippen molar-refractivity contribution in [2.24, 2.45) is 5.73 Å². The zero-order valence-electron chi connectivity index (χ0n) is 9.37. The van der Waals surface area contributed by atoms with Crippen LogP contribution in [0.25, 0.3) is 0 Å². The SMILES string of the molecule is Cc1ccc(Br)c(C(N)C2=CCCCO2)c1. The number of hydrogen-bond acceptors (Lipinski definition) is 2. The molecule has 0 bridgehead atoms. The van der Waals surface area contributed by atoms with Gasteiger partial charge in [0.15, 0.2) is 0 Å². The van der Waals surface area contributed by atoms with Gasteiger partial charge in [-0.2, -0.15) is 0 Å². The van der Waals surface area contributed by atoms with Gasteiger partial charge in [0.05, 0.1) is 12.6 Å². The van der Waals surface area contributed by atoms with Gasteiger partial charge < -0.3 is 10.5 Å². The summed E-state index contributed by atoms with van der Waals surface area (Å²) in [4.78, 5) is 0. The van der Waals surface area contributed by atoms with E-state index in [2.05, 4.69) is 41.1 Å². The molecule has 16 heavy (non-hydrogen) atoms. The van der Waals surface area contributed by atoms with Crippen molar-refractivity contribution in [2.45, 2.75) is 25.8 Å². The summed E-state index contributed by atoms with van der Waals surface area (Å²) in [6.45, 7) is 2.85.